The fourth-order valence-corrected chi connectivity index (χ4v) is 2.59. The molecule has 0 amide bonds. The quantitative estimate of drug-likeness (QED) is 0.240. The number of allylic oxidation sites excluding steroid dienone is 3. The summed E-state index contributed by atoms with van der Waals surface area (Å²) >= 11 is 0. The fourth-order valence-electron chi connectivity index (χ4n) is 2.59. The molecule has 2 heteroatoms. The van der Waals surface area contributed by atoms with E-state index in [9.17, 15) is 0 Å². The van der Waals surface area contributed by atoms with Crippen molar-refractivity contribution >= 4 is 0 Å². The molecule has 138 valence electrons. The van der Waals surface area contributed by atoms with E-state index in [-0.39, 0.29) is 12.4 Å². The van der Waals surface area contributed by atoms with E-state index < -0.39 is 0 Å². The second-order valence-corrected chi connectivity index (χ2v) is 7.56. The molecule has 0 saturated carbocycles. The van der Waals surface area contributed by atoms with Crippen molar-refractivity contribution in [2.24, 2.45) is 0 Å². The summed E-state index contributed by atoms with van der Waals surface area (Å²) in [6.07, 6.45) is 27.3. The molecule has 0 aliphatic heterocycles. The number of hydrogen-bond donors (Lipinski definition) is 0. The molecule has 0 unspecified atom stereocenters. The van der Waals surface area contributed by atoms with Gasteiger partial charge >= 0.3 is 0 Å². The highest BCUT2D eigenvalue weighted by Gasteiger charge is 1.97. The maximum absolute atomic E-state index is 2.31. The van der Waals surface area contributed by atoms with Crippen molar-refractivity contribution in [3.63, 3.8) is 0 Å². The predicted octanol–water partition coefficient (Wildman–Crippen LogP) is 3.86. The Bertz CT molecular complexity index is 276. The molecule has 0 aromatic carbocycles. The first-order valence-electron chi connectivity index (χ1n) is 9.72. The lowest BCUT2D eigenvalue weighted by Gasteiger charge is -2.16. The molecule has 0 rings (SSSR count). The third-order valence-electron chi connectivity index (χ3n) is 4.00. The van der Waals surface area contributed by atoms with Crippen LogP contribution in [0.5, 0.6) is 0 Å². The number of nitrogens with zero attached hydrogens (tertiary/aromatic N) is 1. The topological polar surface area (TPSA) is 0 Å². The molecular formula is C21H42ClN. The van der Waals surface area contributed by atoms with Crippen molar-refractivity contribution < 1.29 is 16.9 Å². The largest absolute Gasteiger partial charge is 1.00 e. The number of rotatable bonds is 15. The zero-order valence-corrected chi connectivity index (χ0v) is 17.1. The summed E-state index contributed by atoms with van der Waals surface area (Å²) < 4.78 is 0.892. The van der Waals surface area contributed by atoms with Crippen LogP contribution in [-0.2, 0) is 0 Å². The van der Waals surface area contributed by atoms with E-state index in [1.165, 1.54) is 83.5 Å². The number of unbranched alkanes of at least 4 members (excludes halogenated alkanes) is 12. The van der Waals surface area contributed by atoms with E-state index in [0.29, 0.717) is 0 Å². The molecule has 0 spiro atoms. The minimum atomic E-state index is 0. The molecule has 0 atom stereocenters. The Morgan fingerprint density at radius 2 is 1.04 bits per heavy atom. The maximum atomic E-state index is 2.31. The van der Waals surface area contributed by atoms with Crippen molar-refractivity contribution in [2.45, 2.75) is 90.4 Å². The zero-order chi connectivity index (χ0) is 16.5. The zero-order valence-electron chi connectivity index (χ0n) is 16.3. The molecule has 0 N–H and O–H groups in total. The molecule has 0 radical (unpaired) electrons. The Morgan fingerprint density at radius 3 is 1.48 bits per heavy atom. The highest BCUT2D eigenvalue weighted by atomic mass is 35.5. The molecule has 1 nitrogen and oxygen atoms in total. The third-order valence-corrected chi connectivity index (χ3v) is 4.00. The van der Waals surface area contributed by atoms with Crippen LogP contribution in [-0.4, -0.2) is 25.6 Å². The van der Waals surface area contributed by atoms with Crippen molar-refractivity contribution in [1.82, 2.24) is 0 Å². The number of hydrogen-bond acceptors (Lipinski definition) is 0. The lowest BCUT2D eigenvalue weighted by atomic mass is 10.0. The van der Waals surface area contributed by atoms with Crippen molar-refractivity contribution in [1.29, 1.82) is 0 Å². The van der Waals surface area contributed by atoms with Crippen molar-refractivity contribution in [2.75, 3.05) is 21.1 Å². The lowest BCUT2D eigenvalue weighted by molar-refractivity contribution is -0.817. The number of halogens is 1. The van der Waals surface area contributed by atoms with Crippen molar-refractivity contribution in [3.8, 4) is 0 Å². The molecule has 0 saturated heterocycles. The van der Waals surface area contributed by atoms with Gasteiger partial charge in [-0.05, 0) is 18.9 Å². The Balaban J connectivity index is 0. The molecule has 0 bridgehead atoms. The van der Waals surface area contributed by atoms with Gasteiger partial charge in [-0.3, -0.25) is 0 Å². The molecular weight excluding hydrogens is 302 g/mol. The van der Waals surface area contributed by atoms with E-state index in [1.807, 2.05) is 0 Å². The van der Waals surface area contributed by atoms with Gasteiger partial charge in [0.1, 0.15) is 0 Å². The van der Waals surface area contributed by atoms with E-state index in [4.69, 9.17) is 0 Å². The summed E-state index contributed by atoms with van der Waals surface area (Å²) in [6.45, 7) is 2.29. The van der Waals surface area contributed by atoms with Gasteiger partial charge in [0, 0.05) is 0 Å². The Labute approximate surface area is 153 Å². The average Bonchev–Trinajstić information content (AvgIpc) is 2.45. The van der Waals surface area contributed by atoms with Crippen LogP contribution in [0.25, 0.3) is 0 Å². The van der Waals surface area contributed by atoms with E-state index in [0.717, 1.165) is 4.48 Å². The predicted molar refractivity (Wildman–Crippen MR) is 102 cm³/mol. The Hall–Kier alpha value is -0.270. The van der Waals surface area contributed by atoms with Crippen LogP contribution in [0.4, 0.5) is 0 Å². The smallest absolute Gasteiger partial charge is 0.0952 e. The van der Waals surface area contributed by atoms with E-state index in [1.54, 1.807) is 0 Å². The molecule has 23 heavy (non-hydrogen) atoms. The van der Waals surface area contributed by atoms with Crippen LogP contribution < -0.4 is 12.4 Å². The SMILES string of the molecule is CCCCCCCCCCCCCC/C=C/C=C/[N+](C)(C)C.[Cl-]. The van der Waals surface area contributed by atoms with Gasteiger partial charge in [-0.15, -0.1) is 0 Å². The molecule has 0 aromatic heterocycles. The fraction of sp³-hybridized carbons (Fsp3) is 0.810. The van der Waals surface area contributed by atoms with E-state index >= 15 is 0 Å². The summed E-state index contributed by atoms with van der Waals surface area (Å²) in [5.41, 5.74) is 0. The highest BCUT2D eigenvalue weighted by Crippen LogP contribution is 2.12. The minimum Gasteiger partial charge on any atom is -1.00 e. The van der Waals surface area contributed by atoms with Crippen LogP contribution in [0.2, 0.25) is 0 Å². The van der Waals surface area contributed by atoms with Gasteiger partial charge in [-0.2, -0.15) is 0 Å². The van der Waals surface area contributed by atoms with Crippen LogP contribution >= 0.6 is 0 Å². The Morgan fingerprint density at radius 1 is 0.609 bits per heavy atom. The standard InChI is InChI=1S/C21H42N.ClH/c1-5-6-7-8-9-10-11-12-13-14-15-16-17-18-19-20-21-22(2,3)4;/h18-21H,5-17H2,1-4H3;1H/q+1;/p-1/b19-18+,21-20+;. The second kappa shape index (κ2) is 18.1. The van der Waals surface area contributed by atoms with Gasteiger partial charge in [0.2, 0.25) is 0 Å². The van der Waals surface area contributed by atoms with Crippen LogP contribution in [0.15, 0.2) is 24.4 Å². The second-order valence-electron chi connectivity index (χ2n) is 7.56. The summed E-state index contributed by atoms with van der Waals surface area (Å²) in [4.78, 5) is 0. The van der Waals surface area contributed by atoms with Gasteiger partial charge in [0.15, 0.2) is 0 Å². The van der Waals surface area contributed by atoms with E-state index in [2.05, 4.69) is 52.5 Å². The first-order valence-corrected chi connectivity index (χ1v) is 9.72. The first kappa shape index (κ1) is 25.0. The minimum absolute atomic E-state index is 0. The summed E-state index contributed by atoms with van der Waals surface area (Å²) in [5.74, 6) is 0. The molecule has 0 aromatic rings. The lowest BCUT2D eigenvalue weighted by Crippen LogP contribution is -3.00. The summed E-state index contributed by atoms with van der Waals surface area (Å²) in [5, 5.41) is 0. The average molecular weight is 344 g/mol. The first-order chi connectivity index (χ1) is 10.6. The highest BCUT2D eigenvalue weighted by molar-refractivity contribution is 4.99. The van der Waals surface area contributed by atoms with Gasteiger partial charge < -0.3 is 16.9 Å². The molecule has 0 aliphatic rings. The van der Waals surface area contributed by atoms with Gasteiger partial charge in [-0.25, -0.2) is 0 Å². The number of quaternary nitrogens is 1. The summed E-state index contributed by atoms with van der Waals surface area (Å²) in [6, 6.07) is 0. The molecule has 0 fully saturated rings. The van der Waals surface area contributed by atoms with Crippen LogP contribution in [0, 0.1) is 0 Å². The van der Waals surface area contributed by atoms with Gasteiger partial charge in [-0.1, -0.05) is 89.7 Å². The molecule has 0 aliphatic carbocycles. The molecule has 0 heterocycles. The third kappa shape index (κ3) is 24.1. The van der Waals surface area contributed by atoms with Crippen LogP contribution in [0.1, 0.15) is 90.4 Å². The van der Waals surface area contributed by atoms with Crippen LogP contribution in [0.3, 0.4) is 0 Å². The van der Waals surface area contributed by atoms with Gasteiger partial charge in [0.05, 0.1) is 27.3 Å². The normalized spacial score (nSPS) is 12.2. The monoisotopic (exact) mass is 343 g/mol. The summed E-state index contributed by atoms with van der Waals surface area (Å²) in [7, 11) is 6.53. The Kier molecular flexibility index (Phi) is 19.6. The maximum Gasteiger partial charge on any atom is 0.0952 e. The van der Waals surface area contributed by atoms with Crippen molar-refractivity contribution in [3.05, 3.63) is 24.4 Å². The van der Waals surface area contributed by atoms with Gasteiger partial charge in [0.25, 0.3) is 0 Å².